The number of nitrogens with zero attached hydrogens (tertiary/aromatic N) is 6. The summed E-state index contributed by atoms with van der Waals surface area (Å²) in [4.78, 5) is 14.6. The van der Waals surface area contributed by atoms with Gasteiger partial charge in [0, 0.05) is 53.9 Å². The van der Waals surface area contributed by atoms with Gasteiger partial charge in [0.1, 0.15) is 5.82 Å². The number of benzene rings is 2. The van der Waals surface area contributed by atoms with Crippen molar-refractivity contribution in [2.75, 3.05) is 36.0 Å². The van der Waals surface area contributed by atoms with Crippen LogP contribution < -0.4 is 9.80 Å². The Labute approximate surface area is 209 Å². The minimum absolute atomic E-state index is 0.659. The average Bonchev–Trinajstić information content (AvgIpc) is 3.47. The molecule has 2 aliphatic rings. The fourth-order valence-electron chi connectivity index (χ4n) is 5.17. The molecule has 8 heteroatoms. The number of aryl methyl sites for hydroxylation is 2. The Hall–Kier alpha value is -2.83. The molecule has 3 heterocycles. The maximum absolute atomic E-state index is 6.29. The normalized spacial score (nSPS) is 15.9. The highest BCUT2D eigenvalue weighted by Gasteiger charge is 2.28. The summed E-state index contributed by atoms with van der Waals surface area (Å²) in [5, 5.41) is 6.44. The first kappa shape index (κ1) is 21.7. The predicted molar refractivity (Wildman–Crippen MR) is 138 cm³/mol. The van der Waals surface area contributed by atoms with Crippen molar-refractivity contribution in [3.05, 3.63) is 80.7 Å². The summed E-state index contributed by atoms with van der Waals surface area (Å²) < 4.78 is 1.98. The Morgan fingerprint density at radius 3 is 2.38 bits per heavy atom. The second-order valence-corrected chi connectivity index (χ2v) is 10.0. The third-order valence-electron chi connectivity index (χ3n) is 6.89. The van der Waals surface area contributed by atoms with Crippen LogP contribution in [0.1, 0.15) is 34.6 Å². The zero-order chi connectivity index (χ0) is 23.2. The lowest BCUT2D eigenvalue weighted by molar-refractivity contribution is 0.634. The standard InChI is InChI=1S/C26H26Cl2N6/c1-17-5-8-20(28)16-23(17)32-11-13-33(14-12-32)25-21-3-2-4-22(21)29-26-30-24(31-34(25)26)15-18-6-9-19(27)10-7-18/h5-10,16H,2-4,11-15H2,1H3. The van der Waals surface area contributed by atoms with E-state index >= 15 is 0 Å². The highest BCUT2D eigenvalue weighted by atomic mass is 35.5. The molecule has 1 fully saturated rings. The van der Waals surface area contributed by atoms with Crippen molar-refractivity contribution >= 4 is 40.5 Å². The van der Waals surface area contributed by atoms with Gasteiger partial charge >= 0.3 is 0 Å². The maximum Gasteiger partial charge on any atom is 0.254 e. The average molecular weight is 493 g/mol. The SMILES string of the molecule is Cc1ccc(Cl)cc1N1CCN(c2c3c(nc4nc(Cc5ccc(Cl)cc5)nn24)CCC3)CC1. The fraction of sp³-hybridized carbons (Fsp3) is 0.346. The van der Waals surface area contributed by atoms with Gasteiger partial charge in [0.2, 0.25) is 0 Å². The van der Waals surface area contributed by atoms with Crippen LogP contribution in [0.15, 0.2) is 42.5 Å². The van der Waals surface area contributed by atoms with E-state index in [0.29, 0.717) is 12.2 Å². The molecule has 6 rings (SSSR count). The molecule has 1 aliphatic carbocycles. The molecule has 34 heavy (non-hydrogen) atoms. The topological polar surface area (TPSA) is 49.6 Å². The first-order valence-electron chi connectivity index (χ1n) is 11.8. The van der Waals surface area contributed by atoms with Crippen LogP contribution in [0.4, 0.5) is 11.5 Å². The monoisotopic (exact) mass is 492 g/mol. The molecule has 0 saturated carbocycles. The van der Waals surface area contributed by atoms with Gasteiger partial charge in [0.05, 0.1) is 5.69 Å². The summed E-state index contributed by atoms with van der Waals surface area (Å²) in [6.45, 7) is 5.86. The van der Waals surface area contributed by atoms with Crippen LogP contribution in [0.5, 0.6) is 0 Å². The van der Waals surface area contributed by atoms with Crippen molar-refractivity contribution in [3.63, 3.8) is 0 Å². The van der Waals surface area contributed by atoms with Gasteiger partial charge in [-0.15, -0.1) is 5.10 Å². The summed E-state index contributed by atoms with van der Waals surface area (Å²) in [6.07, 6.45) is 3.86. The van der Waals surface area contributed by atoms with E-state index in [0.717, 1.165) is 66.9 Å². The van der Waals surface area contributed by atoms with Crippen LogP contribution in [0.2, 0.25) is 10.0 Å². The number of hydrogen-bond donors (Lipinski definition) is 0. The molecule has 0 spiro atoms. The van der Waals surface area contributed by atoms with Gasteiger partial charge in [-0.25, -0.2) is 4.98 Å². The van der Waals surface area contributed by atoms with E-state index in [1.54, 1.807) is 0 Å². The van der Waals surface area contributed by atoms with Crippen molar-refractivity contribution in [1.82, 2.24) is 19.6 Å². The Balaban J connectivity index is 1.31. The Bertz CT molecular complexity index is 1360. The van der Waals surface area contributed by atoms with Crippen molar-refractivity contribution < 1.29 is 0 Å². The largest absolute Gasteiger partial charge is 0.368 e. The van der Waals surface area contributed by atoms with Crippen LogP contribution in [0.3, 0.4) is 0 Å². The number of halogens is 2. The molecule has 0 atom stereocenters. The van der Waals surface area contributed by atoms with E-state index in [-0.39, 0.29) is 0 Å². The number of fused-ring (bicyclic) bond motifs is 2. The second-order valence-electron chi connectivity index (χ2n) is 9.16. The van der Waals surface area contributed by atoms with E-state index in [2.05, 4.69) is 28.9 Å². The van der Waals surface area contributed by atoms with Gasteiger partial charge in [-0.05, 0) is 61.6 Å². The van der Waals surface area contributed by atoms with Crippen molar-refractivity contribution in [2.24, 2.45) is 0 Å². The van der Waals surface area contributed by atoms with E-state index in [1.165, 1.54) is 28.3 Å². The smallest absolute Gasteiger partial charge is 0.254 e. The zero-order valence-electron chi connectivity index (χ0n) is 19.1. The fourth-order valence-corrected chi connectivity index (χ4v) is 5.46. The number of hydrogen-bond acceptors (Lipinski definition) is 5. The Morgan fingerprint density at radius 2 is 1.59 bits per heavy atom. The molecular formula is C26H26Cl2N6. The summed E-state index contributed by atoms with van der Waals surface area (Å²) in [7, 11) is 0. The summed E-state index contributed by atoms with van der Waals surface area (Å²) >= 11 is 12.3. The van der Waals surface area contributed by atoms with Crippen LogP contribution >= 0.6 is 23.2 Å². The third kappa shape index (κ3) is 3.99. The quantitative estimate of drug-likeness (QED) is 0.394. The van der Waals surface area contributed by atoms with Crippen molar-refractivity contribution in [3.8, 4) is 0 Å². The highest BCUT2D eigenvalue weighted by Crippen LogP contribution is 2.33. The highest BCUT2D eigenvalue weighted by molar-refractivity contribution is 6.31. The van der Waals surface area contributed by atoms with Gasteiger partial charge < -0.3 is 9.80 Å². The van der Waals surface area contributed by atoms with E-state index < -0.39 is 0 Å². The molecule has 2 aromatic heterocycles. The molecule has 2 aromatic carbocycles. The molecule has 4 aromatic rings. The maximum atomic E-state index is 6.29. The van der Waals surface area contributed by atoms with Crippen LogP contribution in [0, 0.1) is 6.92 Å². The minimum Gasteiger partial charge on any atom is -0.368 e. The van der Waals surface area contributed by atoms with Crippen LogP contribution in [-0.2, 0) is 19.3 Å². The van der Waals surface area contributed by atoms with E-state index in [9.17, 15) is 0 Å². The van der Waals surface area contributed by atoms with Gasteiger partial charge in [0.15, 0.2) is 5.82 Å². The molecule has 0 radical (unpaired) electrons. The number of rotatable bonds is 4. The third-order valence-corrected chi connectivity index (χ3v) is 7.38. The lowest BCUT2D eigenvalue weighted by atomic mass is 10.1. The summed E-state index contributed by atoms with van der Waals surface area (Å²) in [5.74, 6) is 2.66. The lowest BCUT2D eigenvalue weighted by Gasteiger charge is -2.38. The molecular weight excluding hydrogens is 467 g/mol. The zero-order valence-corrected chi connectivity index (χ0v) is 20.6. The summed E-state index contributed by atoms with van der Waals surface area (Å²) in [5.41, 5.74) is 6.14. The molecule has 0 bridgehead atoms. The molecule has 1 aliphatic heterocycles. The minimum atomic E-state index is 0.659. The number of anilines is 2. The number of aromatic nitrogens is 4. The summed E-state index contributed by atoms with van der Waals surface area (Å²) in [6, 6.07) is 14.0. The lowest BCUT2D eigenvalue weighted by Crippen LogP contribution is -2.47. The molecule has 1 saturated heterocycles. The molecule has 0 amide bonds. The van der Waals surface area contributed by atoms with Crippen molar-refractivity contribution in [2.45, 2.75) is 32.6 Å². The molecule has 6 nitrogen and oxygen atoms in total. The first-order chi connectivity index (χ1) is 16.5. The Morgan fingerprint density at radius 1 is 0.853 bits per heavy atom. The van der Waals surface area contributed by atoms with Crippen LogP contribution in [-0.4, -0.2) is 45.8 Å². The van der Waals surface area contributed by atoms with Gasteiger partial charge in [0.25, 0.3) is 5.78 Å². The molecule has 0 N–H and O–H groups in total. The molecule has 174 valence electrons. The second kappa shape index (κ2) is 8.75. The Kier molecular flexibility index (Phi) is 5.58. The number of piperazine rings is 1. The van der Waals surface area contributed by atoms with Gasteiger partial charge in [-0.2, -0.15) is 9.50 Å². The first-order valence-corrected chi connectivity index (χ1v) is 12.6. The van der Waals surface area contributed by atoms with E-state index in [4.69, 9.17) is 38.3 Å². The van der Waals surface area contributed by atoms with Crippen molar-refractivity contribution in [1.29, 1.82) is 0 Å². The van der Waals surface area contributed by atoms with Gasteiger partial charge in [-0.1, -0.05) is 41.4 Å². The molecule has 0 unspecified atom stereocenters. The predicted octanol–water partition coefficient (Wildman–Crippen LogP) is 5.15. The van der Waals surface area contributed by atoms with E-state index in [1.807, 2.05) is 34.8 Å². The van der Waals surface area contributed by atoms with Crippen LogP contribution in [0.25, 0.3) is 5.78 Å². The van der Waals surface area contributed by atoms with Gasteiger partial charge in [-0.3, -0.25) is 0 Å².